The van der Waals surface area contributed by atoms with Crippen molar-refractivity contribution in [3.63, 3.8) is 0 Å². The Morgan fingerprint density at radius 1 is 1.16 bits per heavy atom. The summed E-state index contributed by atoms with van der Waals surface area (Å²) in [6.45, 7) is 2.87. The van der Waals surface area contributed by atoms with Gasteiger partial charge in [-0.15, -0.1) is 0 Å². The highest BCUT2D eigenvalue weighted by molar-refractivity contribution is 7.89. The molecule has 0 bridgehead atoms. The third kappa shape index (κ3) is 3.42. The van der Waals surface area contributed by atoms with Crippen molar-refractivity contribution in [1.29, 1.82) is 0 Å². The molecule has 0 spiro atoms. The van der Waals surface area contributed by atoms with Gasteiger partial charge in [0.2, 0.25) is 16.8 Å². The Balaban J connectivity index is 1.80. The van der Waals surface area contributed by atoms with Crippen molar-refractivity contribution in [3.8, 4) is 0 Å². The summed E-state index contributed by atoms with van der Waals surface area (Å²) in [6, 6.07) is 1.46. The molecule has 1 aromatic heterocycles. The Hall–Kier alpha value is -1.91. The first kappa shape index (κ1) is 17.9. The van der Waals surface area contributed by atoms with Crippen molar-refractivity contribution in [2.45, 2.75) is 24.0 Å². The molecule has 3 rings (SSSR count). The van der Waals surface area contributed by atoms with E-state index in [1.165, 1.54) is 0 Å². The fourth-order valence-electron chi connectivity index (χ4n) is 3.20. The molecule has 0 aliphatic carbocycles. The van der Waals surface area contributed by atoms with Crippen LogP contribution in [0.15, 0.2) is 21.6 Å². The van der Waals surface area contributed by atoms with E-state index in [9.17, 15) is 18.0 Å². The van der Waals surface area contributed by atoms with Crippen molar-refractivity contribution < 1.29 is 27.5 Å². The summed E-state index contributed by atoms with van der Waals surface area (Å²) in [5.74, 6) is -1.98. The zero-order chi connectivity index (χ0) is 18.2. The molecule has 2 aliphatic rings. The number of carbonyl (C=O) groups excluding carboxylic acids is 1. The SMILES string of the molecule is CN1CCN(C(=O)C2CCCN2S(=O)(=O)c2ccc(C(=O)O)o2)CC1. The molecular formula is C15H21N3O6S. The van der Waals surface area contributed by atoms with E-state index in [0.717, 1.165) is 29.5 Å². The summed E-state index contributed by atoms with van der Waals surface area (Å²) in [7, 11) is -2.07. The van der Waals surface area contributed by atoms with Crippen molar-refractivity contribution in [3.05, 3.63) is 17.9 Å². The third-order valence-corrected chi connectivity index (χ3v) is 6.44. The molecule has 0 saturated carbocycles. The molecule has 2 saturated heterocycles. The van der Waals surface area contributed by atoms with Gasteiger partial charge in [-0.1, -0.05) is 0 Å². The van der Waals surface area contributed by atoms with Gasteiger partial charge in [-0.25, -0.2) is 13.2 Å². The monoisotopic (exact) mass is 371 g/mol. The Labute approximate surface area is 145 Å². The van der Waals surface area contributed by atoms with Gasteiger partial charge in [0.25, 0.3) is 10.0 Å². The number of furan rings is 1. The molecule has 25 heavy (non-hydrogen) atoms. The Morgan fingerprint density at radius 3 is 2.44 bits per heavy atom. The van der Waals surface area contributed by atoms with Crippen LogP contribution >= 0.6 is 0 Å². The summed E-state index contributed by atoms with van der Waals surface area (Å²) in [6.07, 6.45) is 1.03. The molecule has 0 radical (unpaired) electrons. The van der Waals surface area contributed by atoms with Gasteiger partial charge in [0.05, 0.1) is 0 Å². The van der Waals surface area contributed by atoms with Crippen LogP contribution in [-0.4, -0.2) is 85.3 Å². The molecule has 1 amide bonds. The van der Waals surface area contributed by atoms with E-state index in [0.29, 0.717) is 25.9 Å². The normalized spacial score (nSPS) is 23.1. The second kappa shape index (κ2) is 6.77. The largest absolute Gasteiger partial charge is 0.475 e. The number of sulfonamides is 1. The van der Waals surface area contributed by atoms with Crippen LogP contribution in [0.1, 0.15) is 23.4 Å². The van der Waals surface area contributed by atoms with E-state index in [1.54, 1.807) is 4.90 Å². The fraction of sp³-hybridized carbons (Fsp3) is 0.600. The van der Waals surface area contributed by atoms with Crippen LogP contribution in [0.25, 0.3) is 0 Å². The van der Waals surface area contributed by atoms with Gasteiger partial charge >= 0.3 is 5.97 Å². The van der Waals surface area contributed by atoms with Gasteiger partial charge in [0.15, 0.2) is 0 Å². The number of piperazine rings is 1. The van der Waals surface area contributed by atoms with E-state index in [4.69, 9.17) is 9.52 Å². The molecule has 9 nitrogen and oxygen atoms in total. The number of carboxylic acid groups (broad SMARTS) is 1. The van der Waals surface area contributed by atoms with Crippen LogP contribution in [0.5, 0.6) is 0 Å². The smallest absolute Gasteiger partial charge is 0.371 e. The maximum Gasteiger partial charge on any atom is 0.371 e. The topological polar surface area (TPSA) is 111 Å². The minimum Gasteiger partial charge on any atom is -0.475 e. The summed E-state index contributed by atoms with van der Waals surface area (Å²) < 4.78 is 31.6. The lowest BCUT2D eigenvalue weighted by atomic mass is 10.2. The van der Waals surface area contributed by atoms with Gasteiger partial charge in [0.1, 0.15) is 6.04 Å². The molecule has 1 N–H and O–H groups in total. The Bertz CT molecular complexity index is 766. The van der Waals surface area contributed by atoms with E-state index < -0.39 is 32.9 Å². The van der Waals surface area contributed by atoms with Crippen LogP contribution in [0.2, 0.25) is 0 Å². The minimum absolute atomic E-state index is 0.195. The first-order chi connectivity index (χ1) is 11.8. The Kier molecular flexibility index (Phi) is 4.85. The van der Waals surface area contributed by atoms with E-state index in [1.807, 2.05) is 7.05 Å². The standard InChI is InChI=1S/C15H21N3O6S/c1-16-7-9-17(10-8-16)14(19)11-3-2-6-18(11)25(22,23)13-5-4-12(24-13)15(20)21/h4-5,11H,2-3,6-10H2,1H3,(H,20,21). The van der Waals surface area contributed by atoms with E-state index in [-0.39, 0.29) is 12.5 Å². The van der Waals surface area contributed by atoms with Crippen LogP contribution < -0.4 is 0 Å². The number of carbonyl (C=O) groups is 2. The van der Waals surface area contributed by atoms with Gasteiger partial charge in [-0.2, -0.15) is 4.31 Å². The molecule has 0 aromatic carbocycles. The second-order valence-corrected chi connectivity index (χ2v) is 8.15. The van der Waals surface area contributed by atoms with Gasteiger partial charge in [-0.3, -0.25) is 4.79 Å². The van der Waals surface area contributed by atoms with Crippen molar-refractivity contribution in [2.75, 3.05) is 39.8 Å². The number of hydrogen-bond donors (Lipinski definition) is 1. The average molecular weight is 371 g/mol. The quantitative estimate of drug-likeness (QED) is 0.787. The molecule has 2 fully saturated rings. The van der Waals surface area contributed by atoms with Gasteiger partial charge in [-0.05, 0) is 32.0 Å². The number of amides is 1. The van der Waals surface area contributed by atoms with Crippen molar-refractivity contribution >= 4 is 21.9 Å². The van der Waals surface area contributed by atoms with Gasteiger partial charge < -0.3 is 19.3 Å². The summed E-state index contributed by atoms with van der Waals surface area (Å²) in [5.41, 5.74) is 0. The summed E-state index contributed by atoms with van der Waals surface area (Å²) in [4.78, 5) is 27.5. The number of likely N-dealkylation sites (N-methyl/N-ethyl adjacent to an activating group) is 1. The van der Waals surface area contributed by atoms with Crippen LogP contribution in [0.4, 0.5) is 0 Å². The molecule has 1 aromatic rings. The van der Waals surface area contributed by atoms with E-state index in [2.05, 4.69) is 4.90 Å². The van der Waals surface area contributed by atoms with Crippen molar-refractivity contribution in [2.24, 2.45) is 0 Å². The number of rotatable bonds is 4. The molecule has 10 heteroatoms. The van der Waals surface area contributed by atoms with Gasteiger partial charge in [0, 0.05) is 32.7 Å². The maximum absolute atomic E-state index is 12.8. The fourth-order valence-corrected chi connectivity index (χ4v) is 4.77. The lowest BCUT2D eigenvalue weighted by Crippen LogP contribution is -2.53. The van der Waals surface area contributed by atoms with Crippen LogP contribution in [0, 0.1) is 0 Å². The number of carboxylic acids is 1. The van der Waals surface area contributed by atoms with Crippen LogP contribution in [0.3, 0.4) is 0 Å². The molecule has 1 unspecified atom stereocenters. The van der Waals surface area contributed by atoms with Crippen LogP contribution in [-0.2, 0) is 14.8 Å². The molecular weight excluding hydrogens is 350 g/mol. The molecule has 1 atom stereocenters. The first-order valence-electron chi connectivity index (χ1n) is 8.13. The average Bonchev–Trinajstić information content (AvgIpc) is 3.25. The number of hydrogen-bond acceptors (Lipinski definition) is 6. The predicted octanol–water partition coefficient (Wildman–Crippen LogP) is -0.0951. The third-order valence-electron chi connectivity index (χ3n) is 4.66. The number of aromatic carboxylic acids is 1. The zero-order valence-electron chi connectivity index (χ0n) is 13.9. The number of nitrogens with zero attached hydrogens (tertiary/aromatic N) is 3. The Morgan fingerprint density at radius 2 is 1.84 bits per heavy atom. The second-order valence-electron chi connectivity index (χ2n) is 6.33. The van der Waals surface area contributed by atoms with E-state index >= 15 is 0 Å². The highest BCUT2D eigenvalue weighted by atomic mass is 32.2. The lowest BCUT2D eigenvalue weighted by molar-refractivity contribution is -0.136. The predicted molar refractivity (Wildman–Crippen MR) is 86.7 cm³/mol. The molecule has 2 aliphatic heterocycles. The summed E-state index contributed by atoms with van der Waals surface area (Å²) >= 11 is 0. The zero-order valence-corrected chi connectivity index (χ0v) is 14.7. The molecule has 3 heterocycles. The maximum atomic E-state index is 12.8. The van der Waals surface area contributed by atoms with Crippen molar-refractivity contribution in [1.82, 2.24) is 14.1 Å². The molecule has 138 valence electrons. The minimum atomic E-state index is -4.05. The lowest BCUT2D eigenvalue weighted by Gasteiger charge is -2.35. The first-order valence-corrected chi connectivity index (χ1v) is 9.57. The highest BCUT2D eigenvalue weighted by Crippen LogP contribution is 2.28. The highest BCUT2D eigenvalue weighted by Gasteiger charge is 2.42. The summed E-state index contributed by atoms with van der Waals surface area (Å²) in [5, 5.41) is 8.45.